The van der Waals surface area contributed by atoms with Gasteiger partial charge in [0.15, 0.2) is 0 Å². The van der Waals surface area contributed by atoms with Gasteiger partial charge in [-0.15, -0.1) is 0 Å². The van der Waals surface area contributed by atoms with E-state index in [1.54, 1.807) is 12.3 Å². The smallest absolute Gasteiger partial charge is 0.251 e. The molecule has 0 spiro atoms. The van der Waals surface area contributed by atoms with E-state index in [0.29, 0.717) is 18.0 Å². The average Bonchev–Trinajstić information content (AvgIpc) is 2.77. The van der Waals surface area contributed by atoms with Gasteiger partial charge in [0.25, 0.3) is 5.91 Å². The highest BCUT2D eigenvalue weighted by Crippen LogP contribution is 2.28. The molecule has 1 atom stereocenters. The van der Waals surface area contributed by atoms with E-state index in [9.17, 15) is 4.79 Å². The van der Waals surface area contributed by atoms with E-state index < -0.39 is 0 Å². The quantitative estimate of drug-likeness (QED) is 0.944. The molecule has 1 N–H and O–H groups in total. The number of ether oxygens (including phenoxy) is 1. The number of carbonyl (C=O) groups excluding carboxylic acids is 1. The van der Waals surface area contributed by atoms with Gasteiger partial charge in [-0.1, -0.05) is 18.2 Å². The van der Waals surface area contributed by atoms with E-state index in [4.69, 9.17) is 4.74 Å². The number of carbonyl (C=O) groups is 1. The molecule has 0 unspecified atom stereocenters. The van der Waals surface area contributed by atoms with Gasteiger partial charge in [0.05, 0.1) is 6.61 Å². The number of fused-ring (bicyclic) bond motifs is 1. The summed E-state index contributed by atoms with van der Waals surface area (Å²) in [5.74, 6) is 1.44. The molecule has 0 bridgehead atoms. The van der Waals surface area contributed by atoms with Gasteiger partial charge in [0.2, 0.25) is 0 Å². The van der Waals surface area contributed by atoms with Gasteiger partial charge in [-0.05, 0) is 55.9 Å². The van der Waals surface area contributed by atoms with Gasteiger partial charge in [0.1, 0.15) is 5.75 Å². The van der Waals surface area contributed by atoms with Gasteiger partial charge in [-0.3, -0.25) is 9.78 Å². The summed E-state index contributed by atoms with van der Waals surface area (Å²) in [4.78, 5) is 16.4. The Bertz CT molecular complexity index is 685. The second-order valence-electron chi connectivity index (χ2n) is 5.91. The van der Waals surface area contributed by atoms with Crippen LogP contribution >= 0.6 is 0 Å². The van der Waals surface area contributed by atoms with Crippen molar-refractivity contribution in [3.05, 3.63) is 59.4 Å². The Hall–Kier alpha value is -2.36. The number of amides is 1. The van der Waals surface area contributed by atoms with Crippen LogP contribution in [0, 0.1) is 5.92 Å². The third kappa shape index (κ3) is 3.89. The fraction of sp³-hybridized carbons (Fsp3) is 0.368. The Balaban J connectivity index is 1.72. The van der Waals surface area contributed by atoms with Crippen LogP contribution in [0.1, 0.15) is 35.0 Å². The SMILES string of the molecule is CCNC(=O)c1ccnc(C[C@H]2CCOc3ccccc3C2)c1. The van der Waals surface area contributed by atoms with Crippen LogP contribution in [0.3, 0.4) is 0 Å². The van der Waals surface area contributed by atoms with Crippen molar-refractivity contribution in [2.45, 2.75) is 26.2 Å². The summed E-state index contributed by atoms with van der Waals surface area (Å²) in [6.07, 6.45) is 4.58. The van der Waals surface area contributed by atoms with Gasteiger partial charge in [0, 0.05) is 24.0 Å². The summed E-state index contributed by atoms with van der Waals surface area (Å²) in [6.45, 7) is 3.29. The number of hydrogen-bond acceptors (Lipinski definition) is 3. The van der Waals surface area contributed by atoms with Gasteiger partial charge < -0.3 is 10.1 Å². The van der Waals surface area contributed by atoms with Crippen LogP contribution in [0.2, 0.25) is 0 Å². The second-order valence-corrected chi connectivity index (χ2v) is 5.91. The third-order valence-electron chi connectivity index (χ3n) is 4.18. The highest BCUT2D eigenvalue weighted by atomic mass is 16.5. The number of nitrogens with zero attached hydrogens (tertiary/aromatic N) is 1. The molecule has 3 rings (SSSR count). The third-order valence-corrected chi connectivity index (χ3v) is 4.18. The molecule has 1 amide bonds. The van der Waals surface area contributed by atoms with Gasteiger partial charge >= 0.3 is 0 Å². The summed E-state index contributed by atoms with van der Waals surface area (Å²) < 4.78 is 5.83. The molecule has 4 nitrogen and oxygen atoms in total. The minimum Gasteiger partial charge on any atom is -0.493 e. The van der Waals surface area contributed by atoms with Crippen molar-refractivity contribution in [2.75, 3.05) is 13.2 Å². The molecule has 0 radical (unpaired) electrons. The molecule has 2 aromatic rings. The molecule has 0 saturated carbocycles. The number of rotatable bonds is 4. The Morgan fingerprint density at radius 2 is 2.22 bits per heavy atom. The van der Waals surface area contributed by atoms with Gasteiger partial charge in [-0.25, -0.2) is 0 Å². The van der Waals surface area contributed by atoms with Crippen molar-refractivity contribution in [2.24, 2.45) is 5.92 Å². The van der Waals surface area contributed by atoms with Crippen molar-refractivity contribution in [3.8, 4) is 5.75 Å². The number of benzene rings is 1. The van der Waals surface area contributed by atoms with E-state index in [1.807, 2.05) is 25.1 Å². The predicted molar refractivity (Wildman–Crippen MR) is 89.7 cm³/mol. The molecule has 0 aliphatic carbocycles. The topological polar surface area (TPSA) is 51.2 Å². The fourth-order valence-electron chi connectivity index (χ4n) is 3.03. The number of pyridine rings is 1. The maximum atomic E-state index is 11.9. The summed E-state index contributed by atoms with van der Waals surface area (Å²) in [5, 5.41) is 2.83. The highest BCUT2D eigenvalue weighted by Gasteiger charge is 2.18. The first kappa shape index (κ1) is 15.5. The molecule has 1 aliphatic rings. The van der Waals surface area contributed by atoms with Gasteiger partial charge in [-0.2, -0.15) is 0 Å². The van der Waals surface area contributed by atoms with Crippen LogP contribution in [0.25, 0.3) is 0 Å². The predicted octanol–water partition coefficient (Wildman–Crippen LogP) is 3.02. The van der Waals surface area contributed by atoms with Crippen LogP contribution in [0.15, 0.2) is 42.6 Å². The molecule has 0 saturated heterocycles. The Kier molecular flexibility index (Phi) is 4.91. The van der Waals surface area contributed by atoms with E-state index in [0.717, 1.165) is 37.3 Å². The number of nitrogens with one attached hydrogen (secondary N) is 1. The van der Waals surface area contributed by atoms with E-state index in [2.05, 4.69) is 22.4 Å². The number of aromatic nitrogens is 1. The van der Waals surface area contributed by atoms with Crippen molar-refractivity contribution in [3.63, 3.8) is 0 Å². The highest BCUT2D eigenvalue weighted by molar-refractivity contribution is 5.94. The zero-order chi connectivity index (χ0) is 16.1. The first-order valence-corrected chi connectivity index (χ1v) is 8.20. The standard InChI is InChI=1S/C19H22N2O2/c1-2-20-19(22)16-7-9-21-17(13-16)12-14-8-10-23-18-6-4-3-5-15(18)11-14/h3-7,9,13-14H,2,8,10-12H2,1H3,(H,20,22)/t14-/m0/s1. The zero-order valence-electron chi connectivity index (χ0n) is 13.4. The summed E-state index contributed by atoms with van der Waals surface area (Å²) >= 11 is 0. The van der Waals surface area contributed by atoms with Crippen LogP contribution in [0.4, 0.5) is 0 Å². The number of para-hydroxylation sites is 1. The summed E-state index contributed by atoms with van der Waals surface area (Å²) in [6, 6.07) is 11.9. The number of hydrogen-bond donors (Lipinski definition) is 1. The van der Waals surface area contributed by atoms with Crippen LogP contribution in [-0.4, -0.2) is 24.0 Å². The molecule has 1 aromatic carbocycles. The lowest BCUT2D eigenvalue weighted by Gasteiger charge is -2.13. The maximum absolute atomic E-state index is 11.9. The lowest BCUT2D eigenvalue weighted by Crippen LogP contribution is -2.23. The Morgan fingerprint density at radius 1 is 1.35 bits per heavy atom. The van der Waals surface area contributed by atoms with E-state index >= 15 is 0 Å². The second kappa shape index (κ2) is 7.27. The van der Waals surface area contributed by atoms with Crippen molar-refractivity contribution in [1.29, 1.82) is 0 Å². The van der Waals surface area contributed by atoms with E-state index in [-0.39, 0.29) is 5.91 Å². The molecule has 23 heavy (non-hydrogen) atoms. The van der Waals surface area contributed by atoms with Crippen molar-refractivity contribution in [1.82, 2.24) is 10.3 Å². The lowest BCUT2D eigenvalue weighted by atomic mass is 9.92. The fourth-order valence-corrected chi connectivity index (χ4v) is 3.03. The molecule has 2 heterocycles. The summed E-state index contributed by atoms with van der Waals surface area (Å²) in [5.41, 5.74) is 2.91. The van der Waals surface area contributed by atoms with E-state index in [1.165, 1.54) is 5.56 Å². The molecular weight excluding hydrogens is 288 g/mol. The molecule has 1 aliphatic heterocycles. The average molecular weight is 310 g/mol. The van der Waals surface area contributed by atoms with Crippen molar-refractivity contribution < 1.29 is 9.53 Å². The molecular formula is C19H22N2O2. The molecule has 4 heteroatoms. The molecule has 1 aromatic heterocycles. The molecule has 0 fully saturated rings. The lowest BCUT2D eigenvalue weighted by molar-refractivity contribution is 0.0955. The maximum Gasteiger partial charge on any atom is 0.251 e. The largest absolute Gasteiger partial charge is 0.493 e. The Labute approximate surface area is 136 Å². The Morgan fingerprint density at radius 3 is 3.09 bits per heavy atom. The zero-order valence-corrected chi connectivity index (χ0v) is 13.4. The minimum absolute atomic E-state index is 0.0364. The summed E-state index contributed by atoms with van der Waals surface area (Å²) in [7, 11) is 0. The minimum atomic E-state index is -0.0364. The normalized spacial score (nSPS) is 16.8. The van der Waals surface area contributed by atoms with Crippen LogP contribution < -0.4 is 10.1 Å². The van der Waals surface area contributed by atoms with Crippen LogP contribution in [-0.2, 0) is 12.8 Å². The monoisotopic (exact) mass is 310 g/mol. The first-order valence-electron chi connectivity index (χ1n) is 8.20. The molecule has 120 valence electrons. The van der Waals surface area contributed by atoms with Crippen LogP contribution in [0.5, 0.6) is 5.75 Å². The first-order chi connectivity index (χ1) is 11.3. The van der Waals surface area contributed by atoms with Crippen molar-refractivity contribution >= 4 is 5.91 Å².